The summed E-state index contributed by atoms with van der Waals surface area (Å²) in [6.45, 7) is 4.55. The van der Waals surface area contributed by atoms with Gasteiger partial charge in [0, 0.05) is 38.1 Å². The highest BCUT2D eigenvalue weighted by Crippen LogP contribution is 2.40. The van der Waals surface area contributed by atoms with Crippen molar-refractivity contribution in [1.82, 2.24) is 25.1 Å². The molecule has 3 fully saturated rings. The fourth-order valence-electron chi connectivity index (χ4n) is 4.52. The summed E-state index contributed by atoms with van der Waals surface area (Å²) in [5, 5.41) is 3.01. The Labute approximate surface area is 164 Å². The number of aromatic nitrogens is 2. The van der Waals surface area contributed by atoms with E-state index in [4.69, 9.17) is 4.98 Å². The SMILES string of the molecule is CC1(CNC(=O)N2CCCC(c3nc4ccccc4[nH]3)C2)CN(C2CC2)C1=O. The molecule has 1 aromatic heterocycles. The molecule has 2 atom stereocenters. The summed E-state index contributed by atoms with van der Waals surface area (Å²) in [5.41, 5.74) is 1.57. The van der Waals surface area contributed by atoms with E-state index in [1.807, 2.05) is 41.0 Å². The van der Waals surface area contributed by atoms with Gasteiger partial charge in [-0.2, -0.15) is 0 Å². The van der Waals surface area contributed by atoms with E-state index in [9.17, 15) is 9.59 Å². The molecule has 148 valence electrons. The van der Waals surface area contributed by atoms with Gasteiger partial charge in [-0.1, -0.05) is 12.1 Å². The van der Waals surface area contributed by atoms with Gasteiger partial charge in [0.1, 0.15) is 5.82 Å². The quantitative estimate of drug-likeness (QED) is 0.799. The number of piperidine rings is 1. The van der Waals surface area contributed by atoms with Gasteiger partial charge in [-0.15, -0.1) is 0 Å². The highest BCUT2D eigenvalue weighted by atomic mass is 16.2. The minimum Gasteiger partial charge on any atom is -0.342 e. The summed E-state index contributed by atoms with van der Waals surface area (Å²) in [6.07, 6.45) is 4.24. The topological polar surface area (TPSA) is 81.3 Å². The van der Waals surface area contributed by atoms with Crippen molar-refractivity contribution in [3.63, 3.8) is 0 Å². The summed E-state index contributed by atoms with van der Waals surface area (Å²) in [5.74, 6) is 1.37. The number of likely N-dealkylation sites (tertiary alicyclic amines) is 2. The van der Waals surface area contributed by atoms with Gasteiger partial charge < -0.3 is 20.1 Å². The number of para-hydroxylation sites is 2. The average molecular weight is 381 g/mol. The van der Waals surface area contributed by atoms with Crippen molar-refractivity contribution in [2.24, 2.45) is 5.41 Å². The van der Waals surface area contributed by atoms with Crippen molar-refractivity contribution in [1.29, 1.82) is 0 Å². The molecule has 28 heavy (non-hydrogen) atoms. The van der Waals surface area contributed by atoms with Crippen LogP contribution in [0.15, 0.2) is 24.3 Å². The maximum Gasteiger partial charge on any atom is 0.317 e. The maximum atomic E-state index is 12.7. The Balaban J connectivity index is 1.19. The monoisotopic (exact) mass is 381 g/mol. The van der Waals surface area contributed by atoms with Gasteiger partial charge in [-0.25, -0.2) is 9.78 Å². The molecule has 2 unspecified atom stereocenters. The molecular formula is C21H27N5O2. The number of β-lactam (4-membered cyclic amide) rings is 1. The molecule has 1 saturated carbocycles. The number of nitrogens with zero attached hydrogens (tertiary/aromatic N) is 3. The Hall–Kier alpha value is -2.57. The number of urea groups is 1. The summed E-state index contributed by atoms with van der Waals surface area (Å²) in [7, 11) is 0. The molecule has 2 aromatic rings. The highest BCUT2D eigenvalue weighted by Gasteiger charge is 2.53. The zero-order valence-corrected chi connectivity index (χ0v) is 16.3. The number of fused-ring (bicyclic) bond motifs is 1. The first-order valence-electron chi connectivity index (χ1n) is 10.3. The van der Waals surface area contributed by atoms with Crippen LogP contribution in [0.1, 0.15) is 44.3 Å². The Morgan fingerprint density at radius 2 is 2.14 bits per heavy atom. The molecule has 3 heterocycles. The number of H-pyrrole nitrogens is 1. The summed E-state index contributed by atoms with van der Waals surface area (Å²) >= 11 is 0. The van der Waals surface area contributed by atoms with Gasteiger partial charge in [-0.3, -0.25) is 4.79 Å². The van der Waals surface area contributed by atoms with Crippen molar-refractivity contribution in [2.75, 3.05) is 26.2 Å². The lowest BCUT2D eigenvalue weighted by Crippen LogP contribution is -2.65. The first-order chi connectivity index (χ1) is 13.5. The number of hydrogen-bond donors (Lipinski definition) is 2. The smallest absolute Gasteiger partial charge is 0.317 e. The molecule has 0 bridgehead atoms. The number of imidazole rings is 1. The van der Waals surface area contributed by atoms with Gasteiger partial charge in [0.2, 0.25) is 5.91 Å². The van der Waals surface area contributed by atoms with E-state index < -0.39 is 5.41 Å². The lowest BCUT2D eigenvalue weighted by molar-refractivity contribution is -0.158. The molecule has 2 N–H and O–H groups in total. The third-order valence-corrected chi connectivity index (χ3v) is 6.42. The zero-order valence-electron chi connectivity index (χ0n) is 16.3. The van der Waals surface area contributed by atoms with Crippen molar-refractivity contribution in [3.05, 3.63) is 30.1 Å². The lowest BCUT2D eigenvalue weighted by Gasteiger charge is -2.47. The molecule has 0 spiro atoms. The van der Waals surface area contributed by atoms with Crippen LogP contribution in [0.4, 0.5) is 4.79 Å². The van der Waals surface area contributed by atoms with Crippen LogP contribution in [0.5, 0.6) is 0 Å². The lowest BCUT2D eigenvalue weighted by atomic mass is 9.80. The van der Waals surface area contributed by atoms with E-state index in [2.05, 4.69) is 10.3 Å². The first-order valence-corrected chi connectivity index (χ1v) is 10.3. The molecule has 5 rings (SSSR count). The van der Waals surface area contributed by atoms with Crippen LogP contribution in [0.3, 0.4) is 0 Å². The molecule has 1 aromatic carbocycles. The van der Waals surface area contributed by atoms with Gasteiger partial charge in [0.25, 0.3) is 0 Å². The number of hydrogen-bond acceptors (Lipinski definition) is 3. The second kappa shape index (κ2) is 6.50. The summed E-state index contributed by atoms with van der Waals surface area (Å²) < 4.78 is 0. The zero-order chi connectivity index (χ0) is 19.3. The van der Waals surface area contributed by atoms with Crippen LogP contribution in [0, 0.1) is 5.41 Å². The maximum absolute atomic E-state index is 12.7. The summed E-state index contributed by atoms with van der Waals surface area (Å²) in [6, 6.07) is 8.41. The second-order valence-electron chi connectivity index (χ2n) is 8.81. The Morgan fingerprint density at radius 1 is 1.32 bits per heavy atom. The van der Waals surface area contributed by atoms with Crippen LogP contribution < -0.4 is 5.32 Å². The van der Waals surface area contributed by atoms with Crippen molar-refractivity contribution < 1.29 is 9.59 Å². The van der Waals surface area contributed by atoms with E-state index in [1.54, 1.807) is 0 Å². The van der Waals surface area contributed by atoms with Crippen LogP contribution >= 0.6 is 0 Å². The Morgan fingerprint density at radius 3 is 2.89 bits per heavy atom. The minimum atomic E-state index is -0.438. The summed E-state index contributed by atoms with van der Waals surface area (Å²) in [4.78, 5) is 37.1. The number of aromatic amines is 1. The number of nitrogens with one attached hydrogen (secondary N) is 2. The first kappa shape index (κ1) is 17.5. The molecular weight excluding hydrogens is 354 g/mol. The van der Waals surface area contributed by atoms with Crippen molar-refractivity contribution in [3.8, 4) is 0 Å². The standard InChI is InChI=1S/C21H27N5O2/c1-21(13-26(19(21)27)15-8-9-15)12-22-20(28)25-10-4-5-14(11-25)18-23-16-6-2-3-7-17(16)24-18/h2-3,6-7,14-15H,4-5,8-13H2,1H3,(H,22,28)(H,23,24). The number of rotatable bonds is 4. The largest absolute Gasteiger partial charge is 0.342 e. The minimum absolute atomic E-state index is 0.0697. The van der Waals surface area contributed by atoms with Crippen LogP contribution in [-0.4, -0.2) is 63.9 Å². The fraction of sp³-hybridized carbons (Fsp3) is 0.571. The van der Waals surface area contributed by atoms with Crippen molar-refractivity contribution in [2.45, 2.75) is 44.6 Å². The Bertz CT molecular complexity index is 887. The van der Waals surface area contributed by atoms with Gasteiger partial charge in [0.15, 0.2) is 0 Å². The molecule has 2 saturated heterocycles. The molecule has 1 aliphatic carbocycles. The predicted molar refractivity (Wildman–Crippen MR) is 106 cm³/mol. The van der Waals surface area contributed by atoms with Crippen molar-refractivity contribution >= 4 is 23.0 Å². The molecule has 2 aliphatic heterocycles. The number of carbonyl (C=O) groups is 2. The van der Waals surface area contributed by atoms with Gasteiger partial charge in [0.05, 0.1) is 16.4 Å². The van der Waals surface area contributed by atoms with E-state index in [0.29, 0.717) is 19.1 Å². The third-order valence-electron chi connectivity index (χ3n) is 6.42. The number of benzene rings is 1. The molecule has 3 amide bonds. The molecule has 7 nitrogen and oxygen atoms in total. The third kappa shape index (κ3) is 3.02. The van der Waals surface area contributed by atoms with Crippen LogP contribution in [0.2, 0.25) is 0 Å². The van der Waals surface area contributed by atoms with E-state index in [0.717, 1.165) is 55.6 Å². The van der Waals surface area contributed by atoms with Gasteiger partial charge in [-0.05, 0) is 44.7 Å². The Kier molecular flexibility index (Phi) is 4.07. The number of carbonyl (C=O) groups excluding carboxylic acids is 2. The second-order valence-corrected chi connectivity index (χ2v) is 8.81. The van der Waals surface area contributed by atoms with Crippen LogP contribution in [0.25, 0.3) is 11.0 Å². The highest BCUT2D eigenvalue weighted by molar-refractivity contribution is 5.90. The average Bonchev–Trinajstić information content (AvgIpc) is 3.46. The predicted octanol–water partition coefficient (Wildman–Crippen LogP) is 2.46. The molecule has 0 radical (unpaired) electrons. The van der Waals surface area contributed by atoms with E-state index >= 15 is 0 Å². The fourth-order valence-corrected chi connectivity index (χ4v) is 4.52. The van der Waals surface area contributed by atoms with E-state index in [1.165, 1.54) is 0 Å². The van der Waals surface area contributed by atoms with Crippen LogP contribution in [-0.2, 0) is 4.79 Å². The number of amides is 3. The molecule has 7 heteroatoms. The molecule has 3 aliphatic rings. The van der Waals surface area contributed by atoms with E-state index in [-0.39, 0.29) is 17.9 Å². The van der Waals surface area contributed by atoms with Gasteiger partial charge >= 0.3 is 6.03 Å². The normalized spacial score (nSPS) is 27.8.